The maximum absolute atomic E-state index is 5.94. The molecular formula is C15H25N3OS. The van der Waals surface area contributed by atoms with E-state index in [1.807, 2.05) is 17.5 Å². The predicted molar refractivity (Wildman–Crippen MR) is 83.5 cm³/mol. The molecule has 2 heterocycles. The van der Waals surface area contributed by atoms with Gasteiger partial charge in [0.25, 0.3) is 0 Å². The molecule has 2 fully saturated rings. The van der Waals surface area contributed by atoms with E-state index < -0.39 is 0 Å². The first kappa shape index (κ1) is 14.3. The minimum absolute atomic E-state index is 0.433. The van der Waals surface area contributed by atoms with Crippen LogP contribution in [0.1, 0.15) is 43.9 Å². The third-order valence-electron chi connectivity index (χ3n) is 4.25. The fourth-order valence-corrected chi connectivity index (χ4v) is 4.20. The number of hydrogen-bond donors (Lipinski definition) is 1. The Morgan fingerprint density at radius 3 is 3.25 bits per heavy atom. The van der Waals surface area contributed by atoms with Crippen LogP contribution in [0.2, 0.25) is 0 Å². The van der Waals surface area contributed by atoms with Crippen LogP contribution in [0.3, 0.4) is 0 Å². The van der Waals surface area contributed by atoms with E-state index in [1.54, 1.807) is 0 Å². The Balaban J connectivity index is 1.65. The second-order valence-corrected chi connectivity index (χ2v) is 6.83. The molecule has 1 aromatic rings. The minimum atomic E-state index is 0.433. The van der Waals surface area contributed by atoms with E-state index in [0.29, 0.717) is 12.1 Å². The summed E-state index contributed by atoms with van der Waals surface area (Å²) < 4.78 is 5.94. The number of fused-ring (bicyclic) bond motifs is 1. The number of rotatable bonds is 5. The van der Waals surface area contributed by atoms with Gasteiger partial charge in [-0.1, -0.05) is 19.8 Å². The largest absolute Gasteiger partial charge is 0.374 e. The average molecular weight is 295 g/mol. The van der Waals surface area contributed by atoms with Crippen molar-refractivity contribution in [2.75, 3.05) is 24.6 Å². The molecule has 0 radical (unpaired) electrons. The van der Waals surface area contributed by atoms with E-state index in [0.717, 1.165) is 26.2 Å². The highest BCUT2D eigenvalue weighted by Crippen LogP contribution is 2.33. The van der Waals surface area contributed by atoms with Gasteiger partial charge in [0.1, 0.15) is 0 Å². The van der Waals surface area contributed by atoms with E-state index in [1.165, 1.54) is 42.1 Å². The normalized spacial score (nSPS) is 26.6. The zero-order valence-electron chi connectivity index (χ0n) is 12.3. The lowest BCUT2D eigenvalue weighted by Gasteiger charge is -2.43. The van der Waals surface area contributed by atoms with Crippen LogP contribution in [0.5, 0.6) is 0 Å². The van der Waals surface area contributed by atoms with Gasteiger partial charge in [-0.05, 0) is 25.8 Å². The number of hydrogen-bond acceptors (Lipinski definition) is 5. The lowest BCUT2D eigenvalue weighted by molar-refractivity contribution is -0.00868. The van der Waals surface area contributed by atoms with Crippen molar-refractivity contribution in [1.29, 1.82) is 0 Å². The van der Waals surface area contributed by atoms with Gasteiger partial charge in [-0.2, -0.15) is 0 Å². The maximum atomic E-state index is 5.94. The Labute approximate surface area is 125 Å². The number of nitrogens with zero attached hydrogens (tertiary/aromatic N) is 2. The highest BCUT2D eigenvalue weighted by atomic mass is 32.1. The van der Waals surface area contributed by atoms with Crippen LogP contribution >= 0.6 is 11.3 Å². The summed E-state index contributed by atoms with van der Waals surface area (Å²) >= 11 is 1.84. The third-order valence-corrected chi connectivity index (χ3v) is 5.28. The number of aromatic nitrogens is 1. The van der Waals surface area contributed by atoms with Crippen LogP contribution in [0.4, 0.5) is 5.13 Å². The first-order valence-corrected chi connectivity index (χ1v) is 8.74. The van der Waals surface area contributed by atoms with E-state index in [-0.39, 0.29) is 0 Å². The second kappa shape index (κ2) is 6.87. The Kier molecular flexibility index (Phi) is 4.91. The van der Waals surface area contributed by atoms with Crippen molar-refractivity contribution in [3.63, 3.8) is 0 Å². The van der Waals surface area contributed by atoms with Crippen molar-refractivity contribution < 1.29 is 4.74 Å². The molecule has 5 heteroatoms. The predicted octanol–water partition coefficient (Wildman–Crippen LogP) is 2.79. The van der Waals surface area contributed by atoms with Crippen LogP contribution in [-0.2, 0) is 11.3 Å². The molecule has 2 unspecified atom stereocenters. The summed E-state index contributed by atoms with van der Waals surface area (Å²) in [5, 5.41) is 4.64. The zero-order valence-corrected chi connectivity index (χ0v) is 13.1. The number of ether oxygens (including phenoxy) is 1. The van der Waals surface area contributed by atoms with Crippen molar-refractivity contribution in [1.82, 2.24) is 10.3 Å². The van der Waals surface area contributed by atoms with Gasteiger partial charge in [0.05, 0.1) is 18.8 Å². The molecule has 2 aliphatic rings. The Morgan fingerprint density at radius 1 is 1.45 bits per heavy atom. The summed E-state index contributed by atoms with van der Waals surface area (Å²) in [4.78, 5) is 8.50. The summed E-state index contributed by atoms with van der Waals surface area (Å²) in [6.45, 7) is 6.07. The van der Waals surface area contributed by atoms with Crippen molar-refractivity contribution in [2.24, 2.45) is 0 Å². The van der Waals surface area contributed by atoms with Crippen molar-refractivity contribution >= 4 is 16.5 Å². The monoisotopic (exact) mass is 295 g/mol. The number of nitrogens with one attached hydrogen (secondary N) is 1. The standard InChI is InChI=1S/C15H25N3OS/c1-2-7-16-10-12-11-17-15(20-12)18-8-9-19-14-6-4-3-5-13(14)18/h11,13-14,16H,2-10H2,1H3. The second-order valence-electron chi connectivity index (χ2n) is 5.74. The van der Waals surface area contributed by atoms with Gasteiger partial charge in [-0.15, -0.1) is 11.3 Å². The Bertz CT molecular complexity index is 421. The Hall–Kier alpha value is -0.650. The summed E-state index contributed by atoms with van der Waals surface area (Å²) in [7, 11) is 0. The quantitative estimate of drug-likeness (QED) is 0.848. The molecule has 20 heavy (non-hydrogen) atoms. The van der Waals surface area contributed by atoms with Crippen LogP contribution in [-0.4, -0.2) is 36.8 Å². The number of morpholine rings is 1. The first-order chi connectivity index (χ1) is 9.88. The summed E-state index contributed by atoms with van der Waals surface area (Å²) in [5.74, 6) is 0. The molecule has 2 atom stereocenters. The Morgan fingerprint density at radius 2 is 2.35 bits per heavy atom. The van der Waals surface area contributed by atoms with Crippen molar-refractivity contribution in [2.45, 2.75) is 57.7 Å². The molecule has 4 nitrogen and oxygen atoms in total. The average Bonchev–Trinajstić information content (AvgIpc) is 2.96. The molecular weight excluding hydrogens is 270 g/mol. The van der Waals surface area contributed by atoms with Gasteiger partial charge in [-0.25, -0.2) is 4.98 Å². The highest BCUT2D eigenvalue weighted by molar-refractivity contribution is 7.15. The van der Waals surface area contributed by atoms with Gasteiger partial charge in [-0.3, -0.25) is 0 Å². The van der Waals surface area contributed by atoms with Gasteiger partial charge in [0.15, 0.2) is 5.13 Å². The topological polar surface area (TPSA) is 37.4 Å². The third kappa shape index (κ3) is 3.15. The lowest BCUT2D eigenvalue weighted by atomic mass is 9.90. The van der Waals surface area contributed by atoms with Crippen LogP contribution in [0.25, 0.3) is 0 Å². The molecule has 1 aromatic heterocycles. The number of thiazole rings is 1. The molecule has 0 amide bonds. The molecule has 0 aromatic carbocycles. The molecule has 0 spiro atoms. The van der Waals surface area contributed by atoms with Crippen LogP contribution in [0.15, 0.2) is 6.20 Å². The summed E-state index contributed by atoms with van der Waals surface area (Å²) in [5.41, 5.74) is 0. The fourth-order valence-electron chi connectivity index (χ4n) is 3.23. The zero-order chi connectivity index (χ0) is 13.8. The van der Waals surface area contributed by atoms with E-state index in [4.69, 9.17) is 4.74 Å². The van der Waals surface area contributed by atoms with Gasteiger partial charge < -0.3 is 15.0 Å². The molecule has 1 saturated carbocycles. The molecule has 112 valence electrons. The molecule has 1 aliphatic carbocycles. The molecule has 0 bridgehead atoms. The van der Waals surface area contributed by atoms with E-state index in [9.17, 15) is 0 Å². The lowest BCUT2D eigenvalue weighted by Crippen LogP contribution is -2.52. The van der Waals surface area contributed by atoms with Crippen molar-refractivity contribution in [3.8, 4) is 0 Å². The fraction of sp³-hybridized carbons (Fsp3) is 0.800. The number of anilines is 1. The molecule has 1 saturated heterocycles. The minimum Gasteiger partial charge on any atom is -0.374 e. The van der Waals surface area contributed by atoms with E-state index in [2.05, 4.69) is 22.1 Å². The summed E-state index contributed by atoms with van der Waals surface area (Å²) in [6.07, 6.45) is 8.78. The molecule has 1 N–H and O–H groups in total. The smallest absolute Gasteiger partial charge is 0.185 e. The van der Waals surface area contributed by atoms with Crippen LogP contribution < -0.4 is 10.2 Å². The van der Waals surface area contributed by atoms with Gasteiger partial charge in [0, 0.05) is 24.2 Å². The molecule has 3 rings (SSSR count). The maximum Gasteiger partial charge on any atom is 0.185 e. The highest BCUT2D eigenvalue weighted by Gasteiger charge is 2.35. The summed E-state index contributed by atoms with van der Waals surface area (Å²) in [6, 6.07) is 0.556. The first-order valence-electron chi connectivity index (χ1n) is 7.92. The van der Waals surface area contributed by atoms with Gasteiger partial charge in [0.2, 0.25) is 0 Å². The van der Waals surface area contributed by atoms with E-state index >= 15 is 0 Å². The molecule has 1 aliphatic heterocycles. The van der Waals surface area contributed by atoms with Crippen LogP contribution in [0, 0.1) is 0 Å². The SMILES string of the molecule is CCCNCc1cnc(N2CCOC3CCCCC32)s1. The van der Waals surface area contributed by atoms with Crippen molar-refractivity contribution in [3.05, 3.63) is 11.1 Å². The van der Waals surface area contributed by atoms with Gasteiger partial charge >= 0.3 is 0 Å².